The number of aliphatic carboxylic acids is 2. The van der Waals surface area contributed by atoms with Crippen LogP contribution in [0.25, 0.3) is 11.3 Å². The first-order chi connectivity index (χ1) is 17.0. The van der Waals surface area contributed by atoms with Gasteiger partial charge in [-0.1, -0.05) is 88.7 Å². The molecule has 0 unspecified atom stereocenters. The molecule has 0 bridgehead atoms. The molecular weight excluding hydrogens is 528 g/mol. The zero-order chi connectivity index (χ0) is 27.7. The summed E-state index contributed by atoms with van der Waals surface area (Å²) in [5.41, 5.74) is 12.0. The van der Waals surface area contributed by atoms with E-state index in [0.29, 0.717) is 21.3 Å². The Bertz CT molecular complexity index is 915. The topological polar surface area (TPSA) is 168 Å². The Hall–Kier alpha value is -1.65. The minimum Gasteiger partial charge on any atom is -0.550 e. The van der Waals surface area contributed by atoms with E-state index in [1.807, 2.05) is 27.7 Å². The van der Waals surface area contributed by atoms with E-state index in [9.17, 15) is 14.7 Å². The van der Waals surface area contributed by atoms with Crippen molar-refractivity contribution in [2.24, 2.45) is 11.8 Å². The number of rotatable bonds is 11. The van der Waals surface area contributed by atoms with Gasteiger partial charge in [-0.25, -0.2) is 0 Å². The average Bonchev–Trinajstić information content (AvgIpc) is 2.82. The van der Waals surface area contributed by atoms with Gasteiger partial charge in [0, 0.05) is 11.5 Å². The number of carbonyl (C=O) groups excluding carboxylic acids is 1. The van der Waals surface area contributed by atoms with Gasteiger partial charge in [-0.15, -0.1) is 10.2 Å². The molecule has 0 radical (unpaired) electrons. The van der Waals surface area contributed by atoms with Crippen LogP contribution in [0.2, 0.25) is 10.0 Å². The third kappa shape index (κ3) is 14.8. The van der Waals surface area contributed by atoms with Crippen LogP contribution in [0, 0.1) is 11.8 Å². The molecule has 0 saturated heterocycles. The van der Waals surface area contributed by atoms with E-state index >= 15 is 0 Å². The molecule has 0 saturated carbocycles. The first-order valence-corrected chi connectivity index (χ1v) is 12.9. The van der Waals surface area contributed by atoms with Crippen LogP contribution in [0.4, 0.5) is 11.8 Å². The molecule has 37 heavy (non-hydrogen) atoms. The second-order valence-corrected chi connectivity index (χ2v) is 9.00. The molecule has 0 fully saturated rings. The smallest absolute Gasteiger partial charge is 0.550 e. The Balaban J connectivity index is 0. The molecule has 0 aliphatic rings. The van der Waals surface area contributed by atoms with Crippen molar-refractivity contribution in [1.29, 1.82) is 0 Å². The molecule has 0 amide bonds. The molecule has 2 rings (SSSR count). The molecule has 0 atom stereocenters. The molecule has 1 aromatic heterocycles. The molecule has 2 aromatic rings. The number of hydrogen-bond acceptors (Lipinski definition) is 8. The summed E-state index contributed by atoms with van der Waals surface area (Å²) in [5, 5.41) is 27.2. The third-order valence-corrected chi connectivity index (χ3v) is 5.99. The predicted octanol–water partition coefficient (Wildman–Crippen LogP) is 2.25. The summed E-state index contributed by atoms with van der Waals surface area (Å²) in [7, 11) is 0. The predicted molar refractivity (Wildman–Crippen MR) is 143 cm³/mol. The second kappa shape index (κ2) is 21.3. The van der Waals surface area contributed by atoms with Crippen LogP contribution >= 0.6 is 23.2 Å². The number of carboxylic acid groups (broad SMARTS) is 2. The summed E-state index contributed by atoms with van der Waals surface area (Å²) >= 11 is 11.9. The SMILES string of the molecule is CCCC(CCC)C(=O)O.CCCC(CCC)C(=O)[O-].Nc1nnc(-c2cccc(Cl)c2Cl)c(N)n1.[Na+]. The number of aromatic nitrogens is 3. The van der Waals surface area contributed by atoms with E-state index in [-0.39, 0.29) is 53.2 Å². The number of hydrogen-bond donors (Lipinski definition) is 3. The quantitative estimate of drug-likeness (QED) is 0.346. The van der Waals surface area contributed by atoms with Gasteiger partial charge in [0.25, 0.3) is 0 Å². The van der Waals surface area contributed by atoms with Crippen LogP contribution in [0.15, 0.2) is 18.2 Å². The molecule has 0 spiro atoms. The van der Waals surface area contributed by atoms with Crippen LogP contribution in [-0.2, 0) is 9.59 Å². The monoisotopic (exact) mass is 565 g/mol. The summed E-state index contributed by atoms with van der Waals surface area (Å²) < 4.78 is 0. The maximum Gasteiger partial charge on any atom is 1.00 e. The maximum absolute atomic E-state index is 10.5. The zero-order valence-corrected chi connectivity index (χ0v) is 26.0. The van der Waals surface area contributed by atoms with Gasteiger partial charge in [-0.3, -0.25) is 4.79 Å². The van der Waals surface area contributed by atoms with Crippen molar-refractivity contribution in [3.63, 3.8) is 0 Å². The van der Waals surface area contributed by atoms with Gasteiger partial charge in [0.05, 0.1) is 16.0 Å². The molecule has 0 aliphatic heterocycles. The van der Waals surface area contributed by atoms with Crippen molar-refractivity contribution >= 4 is 46.9 Å². The fourth-order valence-electron chi connectivity index (χ4n) is 3.39. The normalized spacial score (nSPS) is 10.1. The van der Waals surface area contributed by atoms with E-state index in [0.717, 1.165) is 51.4 Å². The van der Waals surface area contributed by atoms with Crippen LogP contribution in [-0.4, -0.2) is 32.2 Å². The number of anilines is 2. The van der Waals surface area contributed by atoms with Crippen molar-refractivity contribution in [3.8, 4) is 11.3 Å². The van der Waals surface area contributed by atoms with Gasteiger partial charge < -0.3 is 26.5 Å². The fourth-order valence-corrected chi connectivity index (χ4v) is 3.78. The van der Waals surface area contributed by atoms with Gasteiger partial charge >= 0.3 is 35.5 Å². The van der Waals surface area contributed by atoms with Crippen molar-refractivity contribution < 1.29 is 49.4 Å². The average molecular weight is 567 g/mol. The summed E-state index contributed by atoms with van der Waals surface area (Å²) in [6, 6.07) is 5.13. The first-order valence-electron chi connectivity index (χ1n) is 12.2. The van der Waals surface area contributed by atoms with Crippen LogP contribution in [0.1, 0.15) is 79.1 Å². The Morgan fingerprint density at radius 2 is 1.41 bits per heavy atom. The number of benzene rings is 1. The molecule has 0 aliphatic carbocycles. The van der Waals surface area contributed by atoms with E-state index in [2.05, 4.69) is 15.2 Å². The number of carbonyl (C=O) groups is 2. The second-order valence-electron chi connectivity index (χ2n) is 8.21. The number of nitrogen functional groups attached to an aromatic ring is 2. The molecule has 1 aromatic carbocycles. The molecule has 1 heterocycles. The van der Waals surface area contributed by atoms with E-state index in [1.54, 1.807) is 18.2 Å². The number of halogens is 2. The maximum atomic E-state index is 10.5. The molecule has 12 heteroatoms. The van der Waals surface area contributed by atoms with Crippen LogP contribution < -0.4 is 46.1 Å². The first kappa shape index (κ1) is 37.5. The van der Waals surface area contributed by atoms with Gasteiger partial charge in [-0.2, -0.15) is 4.98 Å². The van der Waals surface area contributed by atoms with Gasteiger partial charge in [0.1, 0.15) is 5.69 Å². The summed E-state index contributed by atoms with van der Waals surface area (Å²) in [6.07, 6.45) is 6.96. The number of nitrogens with two attached hydrogens (primary N) is 2. The summed E-state index contributed by atoms with van der Waals surface area (Å²) in [6.45, 7) is 8.02. The van der Waals surface area contributed by atoms with E-state index in [4.69, 9.17) is 39.8 Å². The van der Waals surface area contributed by atoms with Crippen LogP contribution in [0.5, 0.6) is 0 Å². The van der Waals surface area contributed by atoms with E-state index in [1.165, 1.54) is 0 Å². The molecule has 202 valence electrons. The molecular formula is C25H38Cl2N5NaO4. The Morgan fingerprint density at radius 3 is 1.81 bits per heavy atom. The number of nitrogens with zero attached hydrogens (tertiary/aromatic N) is 3. The largest absolute Gasteiger partial charge is 1.00 e. The van der Waals surface area contributed by atoms with Crippen molar-refractivity contribution in [2.45, 2.75) is 79.1 Å². The Morgan fingerprint density at radius 1 is 0.919 bits per heavy atom. The zero-order valence-electron chi connectivity index (χ0n) is 22.5. The van der Waals surface area contributed by atoms with Gasteiger partial charge in [-0.05, 0) is 37.7 Å². The minimum absolute atomic E-state index is 0. The van der Waals surface area contributed by atoms with Gasteiger partial charge in [0.15, 0.2) is 5.82 Å². The summed E-state index contributed by atoms with van der Waals surface area (Å²) in [4.78, 5) is 24.6. The fraction of sp³-hybridized carbons (Fsp3) is 0.560. The Kier molecular flexibility index (Phi) is 21.6. The van der Waals surface area contributed by atoms with Crippen molar-refractivity contribution in [3.05, 3.63) is 28.2 Å². The van der Waals surface area contributed by atoms with Crippen molar-refractivity contribution in [2.75, 3.05) is 11.5 Å². The third-order valence-electron chi connectivity index (χ3n) is 5.17. The van der Waals surface area contributed by atoms with Crippen LogP contribution in [0.3, 0.4) is 0 Å². The van der Waals surface area contributed by atoms with Crippen molar-refractivity contribution in [1.82, 2.24) is 15.2 Å². The summed E-state index contributed by atoms with van der Waals surface area (Å²) in [5.74, 6) is -1.66. The molecule has 9 nitrogen and oxygen atoms in total. The number of carboxylic acids is 2. The van der Waals surface area contributed by atoms with Gasteiger partial charge in [0.2, 0.25) is 5.95 Å². The standard InChI is InChI=1S/C9H7Cl2N5.2C8H16O2.Na/c10-5-3-1-2-4(6(5)11)7-8(12)14-9(13)16-15-7;2*1-3-5-7(6-4-2)8(9)10;/h1-3H,(H4,12,13,14,16);2*7H,3-6H2,1-2H3,(H,9,10);/q;;;+1/p-1. The minimum atomic E-state index is -0.885. The van der Waals surface area contributed by atoms with E-state index < -0.39 is 11.9 Å². The Labute approximate surface area is 252 Å². The molecule has 5 N–H and O–H groups in total.